The minimum absolute atomic E-state index is 0.195. The topological polar surface area (TPSA) is 77.0 Å². The van der Waals surface area contributed by atoms with E-state index in [4.69, 9.17) is 16.3 Å². The fourth-order valence-corrected chi connectivity index (χ4v) is 3.92. The standard InChI is InChI=1S/C24H29ClN6O2/c1-14(2)17-12-26-31-21(11-19(25)28-22(17)31)30(23(32)33-24(5,6)7)13-18-16(4)27-20-10-15(3)8-9-29(18)20/h8-12,14H,13H2,1-7H3. The number of pyridine rings is 1. The van der Waals surface area contributed by atoms with E-state index in [0.717, 1.165) is 28.2 Å². The second kappa shape index (κ2) is 8.33. The molecule has 9 heteroatoms. The summed E-state index contributed by atoms with van der Waals surface area (Å²) >= 11 is 6.42. The lowest BCUT2D eigenvalue weighted by Crippen LogP contribution is -2.38. The van der Waals surface area contributed by atoms with Crippen molar-refractivity contribution >= 4 is 34.8 Å². The van der Waals surface area contributed by atoms with Crippen LogP contribution >= 0.6 is 11.6 Å². The van der Waals surface area contributed by atoms with Gasteiger partial charge in [-0.25, -0.2) is 14.8 Å². The Balaban J connectivity index is 1.89. The number of aromatic nitrogens is 5. The molecule has 8 nitrogen and oxygen atoms in total. The Kier molecular flexibility index (Phi) is 5.82. The molecule has 0 aliphatic heterocycles. The number of hydrogen-bond donors (Lipinski definition) is 0. The van der Waals surface area contributed by atoms with E-state index in [9.17, 15) is 4.79 Å². The Morgan fingerprint density at radius 3 is 2.61 bits per heavy atom. The third-order valence-electron chi connectivity index (χ3n) is 5.35. The Hall–Kier alpha value is -3.13. The van der Waals surface area contributed by atoms with E-state index in [1.165, 1.54) is 0 Å². The molecule has 0 saturated heterocycles. The molecule has 0 fully saturated rings. The number of ether oxygens (including phenoxy) is 1. The zero-order chi connectivity index (χ0) is 24.1. The lowest BCUT2D eigenvalue weighted by atomic mass is 10.1. The van der Waals surface area contributed by atoms with E-state index in [0.29, 0.717) is 11.5 Å². The van der Waals surface area contributed by atoms with Crippen molar-refractivity contribution in [3.63, 3.8) is 0 Å². The summed E-state index contributed by atoms with van der Waals surface area (Å²) in [5.74, 6) is 0.674. The number of nitrogens with zero attached hydrogens (tertiary/aromatic N) is 6. The number of amides is 1. The summed E-state index contributed by atoms with van der Waals surface area (Å²) < 4.78 is 9.40. The third-order valence-corrected chi connectivity index (χ3v) is 5.54. The van der Waals surface area contributed by atoms with Gasteiger partial charge in [-0.15, -0.1) is 0 Å². The summed E-state index contributed by atoms with van der Waals surface area (Å²) in [7, 11) is 0. The third kappa shape index (κ3) is 4.53. The quantitative estimate of drug-likeness (QED) is 0.358. The van der Waals surface area contributed by atoms with E-state index >= 15 is 0 Å². The fraction of sp³-hybridized carbons (Fsp3) is 0.417. The predicted octanol–water partition coefficient (Wildman–Crippen LogP) is 5.71. The largest absolute Gasteiger partial charge is 0.443 e. The molecule has 174 valence electrons. The van der Waals surface area contributed by atoms with Crippen LogP contribution < -0.4 is 4.90 Å². The van der Waals surface area contributed by atoms with Crippen molar-refractivity contribution in [2.75, 3.05) is 4.90 Å². The van der Waals surface area contributed by atoms with Crippen molar-refractivity contribution in [3.05, 3.63) is 58.3 Å². The number of halogens is 1. The average Bonchev–Trinajstić information content (AvgIpc) is 3.24. The molecule has 0 radical (unpaired) electrons. The van der Waals surface area contributed by atoms with Gasteiger partial charge in [0.25, 0.3) is 0 Å². The first-order valence-corrected chi connectivity index (χ1v) is 11.3. The molecule has 0 N–H and O–H groups in total. The van der Waals surface area contributed by atoms with E-state index in [2.05, 4.69) is 28.9 Å². The van der Waals surface area contributed by atoms with E-state index in [-0.39, 0.29) is 17.6 Å². The van der Waals surface area contributed by atoms with Gasteiger partial charge in [-0.05, 0) is 58.2 Å². The van der Waals surface area contributed by atoms with E-state index < -0.39 is 11.7 Å². The number of rotatable bonds is 4. The van der Waals surface area contributed by atoms with Crippen molar-refractivity contribution in [2.24, 2.45) is 0 Å². The van der Waals surface area contributed by atoms with Crippen LogP contribution in [0.15, 0.2) is 30.6 Å². The molecule has 0 spiro atoms. The smallest absolute Gasteiger partial charge is 0.416 e. The van der Waals surface area contributed by atoms with Crippen LogP contribution in [-0.2, 0) is 11.3 Å². The lowest BCUT2D eigenvalue weighted by molar-refractivity contribution is 0.0575. The van der Waals surface area contributed by atoms with Crippen LogP contribution in [-0.4, -0.2) is 35.7 Å². The average molecular weight is 469 g/mol. The molecule has 0 aromatic carbocycles. The first kappa shape index (κ1) is 23.0. The molecule has 0 atom stereocenters. The normalized spacial score (nSPS) is 12.2. The molecule has 4 aromatic rings. The lowest BCUT2D eigenvalue weighted by Gasteiger charge is -2.27. The summed E-state index contributed by atoms with van der Waals surface area (Å²) in [6, 6.07) is 5.66. The summed E-state index contributed by atoms with van der Waals surface area (Å²) in [4.78, 5) is 24.2. The van der Waals surface area contributed by atoms with Crippen LogP contribution in [0.2, 0.25) is 5.15 Å². The number of carbonyl (C=O) groups is 1. The number of carbonyl (C=O) groups excluding carboxylic acids is 1. The van der Waals surface area contributed by atoms with Crippen molar-refractivity contribution in [3.8, 4) is 0 Å². The van der Waals surface area contributed by atoms with Crippen LogP contribution in [0.3, 0.4) is 0 Å². The van der Waals surface area contributed by atoms with Gasteiger partial charge in [0, 0.05) is 17.8 Å². The van der Waals surface area contributed by atoms with Gasteiger partial charge in [-0.3, -0.25) is 4.90 Å². The first-order valence-electron chi connectivity index (χ1n) is 10.9. The first-order chi connectivity index (χ1) is 15.4. The number of aryl methyl sites for hydroxylation is 2. The molecule has 4 heterocycles. The molecule has 1 amide bonds. The summed E-state index contributed by atoms with van der Waals surface area (Å²) in [5.41, 5.74) is 4.52. The molecule has 4 rings (SSSR count). The maximum absolute atomic E-state index is 13.5. The van der Waals surface area contributed by atoms with Gasteiger partial charge in [-0.2, -0.15) is 9.61 Å². The van der Waals surface area contributed by atoms with Crippen molar-refractivity contribution in [1.82, 2.24) is 24.0 Å². The summed E-state index contributed by atoms with van der Waals surface area (Å²) in [6.45, 7) is 13.8. The van der Waals surface area contributed by atoms with E-state index in [1.54, 1.807) is 21.7 Å². The molecule has 0 aliphatic rings. The molecular formula is C24H29ClN6O2. The van der Waals surface area contributed by atoms with Crippen molar-refractivity contribution in [2.45, 2.75) is 66.5 Å². The zero-order valence-corrected chi connectivity index (χ0v) is 20.8. The highest BCUT2D eigenvalue weighted by Crippen LogP contribution is 2.29. The SMILES string of the molecule is Cc1ccn2c(CN(C(=O)OC(C)(C)C)c3cc(Cl)nc4c(C(C)C)cnn34)c(C)nc2c1. The van der Waals surface area contributed by atoms with Gasteiger partial charge in [0.15, 0.2) is 5.65 Å². The van der Waals surface area contributed by atoms with Crippen molar-refractivity contribution < 1.29 is 9.53 Å². The molecule has 0 aliphatic carbocycles. The zero-order valence-electron chi connectivity index (χ0n) is 20.0. The Morgan fingerprint density at radius 2 is 1.94 bits per heavy atom. The van der Waals surface area contributed by atoms with E-state index in [1.807, 2.05) is 57.3 Å². The molecule has 0 bridgehead atoms. The van der Waals surface area contributed by atoms with Gasteiger partial charge in [0.05, 0.1) is 24.1 Å². The second-order valence-corrected chi connectivity index (χ2v) is 9.96. The highest BCUT2D eigenvalue weighted by atomic mass is 35.5. The maximum atomic E-state index is 13.5. The highest BCUT2D eigenvalue weighted by molar-refractivity contribution is 6.29. The molecule has 0 saturated carbocycles. The van der Waals surface area contributed by atoms with Crippen LogP contribution in [0.25, 0.3) is 11.3 Å². The van der Waals surface area contributed by atoms with Gasteiger partial charge < -0.3 is 9.14 Å². The highest BCUT2D eigenvalue weighted by Gasteiger charge is 2.28. The molecular weight excluding hydrogens is 440 g/mol. The Morgan fingerprint density at radius 1 is 1.21 bits per heavy atom. The maximum Gasteiger partial charge on any atom is 0.416 e. The van der Waals surface area contributed by atoms with Gasteiger partial charge in [-0.1, -0.05) is 25.4 Å². The number of fused-ring (bicyclic) bond motifs is 2. The van der Waals surface area contributed by atoms with Gasteiger partial charge in [0.1, 0.15) is 22.2 Å². The molecule has 0 unspecified atom stereocenters. The van der Waals surface area contributed by atoms with Crippen LogP contribution in [0, 0.1) is 13.8 Å². The van der Waals surface area contributed by atoms with Crippen LogP contribution in [0.5, 0.6) is 0 Å². The number of imidazole rings is 1. The van der Waals surface area contributed by atoms with Crippen LogP contribution in [0.4, 0.5) is 10.6 Å². The number of hydrogen-bond acceptors (Lipinski definition) is 5. The minimum atomic E-state index is -0.676. The van der Waals surface area contributed by atoms with Crippen molar-refractivity contribution in [1.29, 1.82) is 0 Å². The monoisotopic (exact) mass is 468 g/mol. The fourth-order valence-electron chi connectivity index (χ4n) is 3.75. The second-order valence-electron chi connectivity index (χ2n) is 9.57. The van der Waals surface area contributed by atoms with Gasteiger partial charge in [0.2, 0.25) is 0 Å². The molecule has 4 aromatic heterocycles. The summed E-state index contributed by atoms with van der Waals surface area (Å²) in [5, 5.41) is 4.81. The summed E-state index contributed by atoms with van der Waals surface area (Å²) in [6.07, 6.45) is 3.23. The Labute approximate surface area is 198 Å². The van der Waals surface area contributed by atoms with Crippen LogP contribution in [0.1, 0.15) is 63.1 Å². The molecule has 33 heavy (non-hydrogen) atoms. The Bertz CT molecular complexity index is 1350. The van der Waals surface area contributed by atoms with Gasteiger partial charge >= 0.3 is 6.09 Å². The minimum Gasteiger partial charge on any atom is -0.443 e. The number of anilines is 1. The predicted molar refractivity (Wildman–Crippen MR) is 129 cm³/mol.